The molecule has 2 fully saturated rings. The molecular weight excluding hydrogens is 234 g/mol. The lowest BCUT2D eigenvalue weighted by Crippen LogP contribution is -2.54. The fourth-order valence-corrected chi connectivity index (χ4v) is 4.03. The van der Waals surface area contributed by atoms with E-state index >= 15 is 0 Å². The van der Waals surface area contributed by atoms with E-state index < -0.39 is 0 Å². The summed E-state index contributed by atoms with van der Waals surface area (Å²) in [5.41, 5.74) is 0. The van der Waals surface area contributed by atoms with E-state index in [9.17, 15) is 0 Å². The van der Waals surface area contributed by atoms with Gasteiger partial charge < -0.3 is 15.1 Å². The van der Waals surface area contributed by atoms with Crippen molar-refractivity contribution >= 4 is 0 Å². The van der Waals surface area contributed by atoms with Gasteiger partial charge in [0.05, 0.1) is 0 Å². The summed E-state index contributed by atoms with van der Waals surface area (Å²) < 4.78 is 0. The van der Waals surface area contributed by atoms with Gasteiger partial charge >= 0.3 is 0 Å². The van der Waals surface area contributed by atoms with Crippen LogP contribution >= 0.6 is 0 Å². The van der Waals surface area contributed by atoms with Crippen LogP contribution in [0.1, 0.15) is 39.5 Å². The molecule has 1 N–H and O–H groups in total. The largest absolute Gasteiger partial charge is 0.317 e. The third-order valence-electron chi connectivity index (χ3n) is 5.44. The number of nitrogens with zero attached hydrogens (tertiary/aromatic N) is 2. The summed E-state index contributed by atoms with van der Waals surface area (Å²) in [5, 5.41) is 3.56. The Morgan fingerprint density at radius 3 is 2.68 bits per heavy atom. The van der Waals surface area contributed by atoms with Gasteiger partial charge in [0.25, 0.3) is 0 Å². The minimum absolute atomic E-state index is 0.746. The first kappa shape index (κ1) is 15.3. The predicted octanol–water partition coefficient (Wildman–Crippen LogP) is 2.04. The summed E-state index contributed by atoms with van der Waals surface area (Å²) in [6, 6.07) is 1.51. The molecule has 1 saturated heterocycles. The van der Waals surface area contributed by atoms with Crippen LogP contribution in [0, 0.1) is 11.8 Å². The van der Waals surface area contributed by atoms with E-state index in [1.807, 2.05) is 0 Å². The third kappa shape index (κ3) is 3.93. The molecule has 0 spiro atoms. The van der Waals surface area contributed by atoms with Gasteiger partial charge in [-0.1, -0.05) is 13.8 Å². The highest BCUT2D eigenvalue weighted by molar-refractivity contribution is 4.87. The first-order valence-electron chi connectivity index (χ1n) is 8.23. The number of hydrogen-bond donors (Lipinski definition) is 1. The number of rotatable bonds is 4. The maximum absolute atomic E-state index is 3.56. The van der Waals surface area contributed by atoms with E-state index in [0.29, 0.717) is 0 Å². The van der Waals surface area contributed by atoms with Crippen molar-refractivity contribution < 1.29 is 0 Å². The van der Waals surface area contributed by atoms with Crippen molar-refractivity contribution in [1.29, 1.82) is 0 Å². The SMILES string of the molecule is CCC1CN(CC2CC(C)CCC2NC)CCN1C. The highest BCUT2D eigenvalue weighted by Crippen LogP contribution is 2.30. The van der Waals surface area contributed by atoms with Crippen molar-refractivity contribution in [3.05, 3.63) is 0 Å². The van der Waals surface area contributed by atoms with Crippen molar-refractivity contribution in [1.82, 2.24) is 15.1 Å². The molecule has 1 aliphatic carbocycles. The van der Waals surface area contributed by atoms with Crippen LogP contribution in [0.4, 0.5) is 0 Å². The van der Waals surface area contributed by atoms with Crippen LogP contribution in [-0.2, 0) is 0 Å². The Balaban J connectivity index is 1.88. The van der Waals surface area contributed by atoms with Crippen LogP contribution < -0.4 is 5.32 Å². The van der Waals surface area contributed by atoms with E-state index in [1.54, 1.807) is 0 Å². The minimum Gasteiger partial charge on any atom is -0.317 e. The lowest BCUT2D eigenvalue weighted by Gasteiger charge is -2.43. The number of piperazine rings is 1. The van der Waals surface area contributed by atoms with E-state index in [-0.39, 0.29) is 0 Å². The molecule has 4 unspecified atom stereocenters. The van der Waals surface area contributed by atoms with Gasteiger partial charge in [-0.2, -0.15) is 0 Å². The molecule has 1 aliphatic heterocycles. The van der Waals surface area contributed by atoms with Crippen molar-refractivity contribution in [3.63, 3.8) is 0 Å². The topological polar surface area (TPSA) is 18.5 Å². The Morgan fingerprint density at radius 1 is 1.21 bits per heavy atom. The van der Waals surface area contributed by atoms with Gasteiger partial charge in [-0.25, -0.2) is 0 Å². The van der Waals surface area contributed by atoms with Gasteiger partial charge in [-0.3, -0.25) is 0 Å². The van der Waals surface area contributed by atoms with Crippen LogP contribution in [0.2, 0.25) is 0 Å². The Bertz CT molecular complexity index is 269. The standard InChI is InChI=1S/C16H33N3/c1-5-15-12-19(9-8-18(15)4)11-14-10-13(2)6-7-16(14)17-3/h13-17H,5-12H2,1-4H3. The molecule has 3 heteroatoms. The molecule has 2 rings (SSSR count). The summed E-state index contributed by atoms with van der Waals surface area (Å²) in [7, 11) is 4.43. The van der Waals surface area contributed by atoms with Gasteiger partial charge in [-0.05, 0) is 51.6 Å². The molecule has 0 amide bonds. The highest BCUT2D eigenvalue weighted by Gasteiger charge is 2.31. The van der Waals surface area contributed by atoms with Crippen molar-refractivity contribution in [3.8, 4) is 0 Å². The summed E-state index contributed by atoms with van der Waals surface area (Å²) in [4.78, 5) is 5.26. The van der Waals surface area contributed by atoms with Gasteiger partial charge in [0.1, 0.15) is 0 Å². The molecule has 3 nitrogen and oxygen atoms in total. The second-order valence-electron chi connectivity index (χ2n) is 6.88. The van der Waals surface area contributed by atoms with Gasteiger partial charge in [0.2, 0.25) is 0 Å². The van der Waals surface area contributed by atoms with E-state index in [0.717, 1.165) is 23.9 Å². The second-order valence-corrected chi connectivity index (χ2v) is 6.88. The van der Waals surface area contributed by atoms with E-state index in [1.165, 1.54) is 51.9 Å². The molecule has 0 bridgehead atoms. The zero-order valence-corrected chi connectivity index (χ0v) is 13.4. The number of likely N-dealkylation sites (N-methyl/N-ethyl adjacent to an activating group) is 1. The quantitative estimate of drug-likeness (QED) is 0.841. The molecule has 0 radical (unpaired) electrons. The van der Waals surface area contributed by atoms with Gasteiger partial charge in [0.15, 0.2) is 0 Å². The second kappa shape index (κ2) is 7.05. The molecule has 0 aromatic carbocycles. The Morgan fingerprint density at radius 2 is 2.00 bits per heavy atom. The Labute approximate surface area is 119 Å². The van der Waals surface area contributed by atoms with Crippen molar-refractivity contribution in [2.24, 2.45) is 11.8 Å². The van der Waals surface area contributed by atoms with Gasteiger partial charge in [0, 0.05) is 38.3 Å². The van der Waals surface area contributed by atoms with E-state index in [4.69, 9.17) is 0 Å². The van der Waals surface area contributed by atoms with Crippen LogP contribution in [0.15, 0.2) is 0 Å². The van der Waals surface area contributed by atoms with Crippen LogP contribution in [-0.4, -0.2) is 62.2 Å². The first-order chi connectivity index (χ1) is 9.13. The maximum Gasteiger partial charge on any atom is 0.0218 e. The van der Waals surface area contributed by atoms with Crippen LogP contribution in [0.3, 0.4) is 0 Å². The number of hydrogen-bond acceptors (Lipinski definition) is 3. The normalized spacial score (nSPS) is 38.5. The molecule has 1 heterocycles. The number of nitrogens with one attached hydrogen (secondary N) is 1. The zero-order chi connectivity index (χ0) is 13.8. The van der Waals surface area contributed by atoms with Gasteiger partial charge in [-0.15, -0.1) is 0 Å². The Hall–Kier alpha value is -0.120. The molecule has 0 aromatic heterocycles. The fraction of sp³-hybridized carbons (Fsp3) is 1.00. The molecule has 2 aliphatic rings. The molecule has 4 atom stereocenters. The molecule has 19 heavy (non-hydrogen) atoms. The van der Waals surface area contributed by atoms with Crippen molar-refractivity contribution in [2.45, 2.75) is 51.6 Å². The molecular formula is C16H33N3. The lowest BCUT2D eigenvalue weighted by atomic mass is 9.78. The maximum atomic E-state index is 3.56. The predicted molar refractivity (Wildman–Crippen MR) is 82.5 cm³/mol. The fourth-order valence-electron chi connectivity index (χ4n) is 4.03. The molecule has 1 saturated carbocycles. The molecule has 112 valence electrons. The monoisotopic (exact) mass is 267 g/mol. The smallest absolute Gasteiger partial charge is 0.0218 e. The first-order valence-corrected chi connectivity index (χ1v) is 8.23. The average molecular weight is 267 g/mol. The van der Waals surface area contributed by atoms with Crippen LogP contribution in [0.25, 0.3) is 0 Å². The summed E-state index contributed by atoms with van der Waals surface area (Å²) in [6.45, 7) is 9.83. The lowest BCUT2D eigenvalue weighted by molar-refractivity contribution is 0.0647. The average Bonchev–Trinajstić information content (AvgIpc) is 2.41. The summed E-state index contributed by atoms with van der Waals surface area (Å²) >= 11 is 0. The van der Waals surface area contributed by atoms with E-state index in [2.05, 4.69) is 43.1 Å². The third-order valence-corrected chi connectivity index (χ3v) is 5.44. The summed E-state index contributed by atoms with van der Waals surface area (Å²) in [5.74, 6) is 1.78. The summed E-state index contributed by atoms with van der Waals surface area (Å²) in [6.07, 6.45) is 5.47. The zero-order valence-electron chi connectivity index (χ0n) is 13.4. The van der Waals surface area contributed by atoms with Crippen molar-refractivity contribution in [2.75, 3.05) is 40.3 Å². The Kier molecular flexibility index (Phi) is 5.67. The highest BCUT2D eigenvalue weighted by atomic mass is 15.3. The molecule has 0 aromatic rings. The van der Waals surface area contributed by atoms with Crippen LogP contribution in [0.5, 0.6) is 0 Å². The minimum atomic E-state index is 0.746.